The van der Waals surface area contributed by atoms with Crippen LogP contribution in [0.1, 0.15) is 37.6 Å². The molecule has 1 aromatic rings. The van der Waals surface area contributed by atoms with Gasteiger partial charge in [0.05, 0.1) is 10.6 Å². The topological polar surface area (TPSA) is 72.2 Å². The lowest BCUT2D eigenvalue weighted by Crippen LogP contribution is -2.19. The van der Waals surface area contributed by atoms with E-state index in [1.807, 2.05) is 20.8 Å². The molecule has 3 N–H and O–H groups in total. The van der Waals surface area contributed by atoms with Gasteiger partial charge in [0.25, 0.3) is 0 Å². The number of anilines is 1. The second kappa shape index (κ2) is 5.40. The summed E-state index contributed by atoms with van der Waals surface area (Å²) >= 11 is 5.89. The summed E-state index contributed by atoms with van der Waals surface area (Å²) < 4.78 is 0. The van der Waals surface area contributed by atoms with Crippen molar-refractivity contribution in [3.05, 3.63) is 28.8 Å². The molecule has 0 radical (unpaired) electrons. The molecule has 5 heteroatoms. The number of hydrogen-bond donors (Lipinski definition) is 2. The van der Waals surface area contributed by atoms with Crippen molar-refractivity contribution >= 4 is 29.1 Å². The standard InChI is InChI=1S/C13H17ClN2O2/c1-13(2,3)7-11(17)16-8-4-5-9(12(15)18)10(14)6-8/h4-6H,7H2,1-3H3,(H2,15,18)(H,16,17). The van der Waals surface area contributed by atoms with E-state index < -0.39 is 5.91 Å². The van der Waals surface area contributed by atoms with Crippen molar-refractivity contribution < 1.29 is 9.59 Å². The molecule has 0 unspecified atom stereocenters. The van der Waals surface area contributed by atoms with Crippen molar-refractivity contribution in [3.63, 3.8) is 0 Å². The Morgan fingerprint density at radius 1 is 1.33 bits per heavy atom. The zero-order chi connectivity index (χ0) is 13.9. The van der Waals surface area contributed by atoms with Gasteiger partial charge in [0, 0.05) is 12.1 Å². The van der Waals surface area contributed by atoms with Crippen LogP contribution in [0.3, 0.4) is 0 Å². The summed E-state index contributed by atoms with van der Waals surface area (Å²) in [7, 11) is 0. The fourth-order valence-electron chi connectivity index (χ4n) is 1.48. The van der Waals surface area contributed by atoms with Gasteiger partial charge in [0.2, 0.25) is 11.8 Å². The SMILES string of the molecule is CC(C)(C)CC(=O)Nc1ccc(C(N)=O)c(Cl)c1. The number of rotatable bonds is 3. The quantitative estimate of drug-likeness (QED) is 0.885. The van der Waals surface area contributed by atoms with Crippen LogP contribution in [0, 0.1) is 5.41 Å². The second-order valence-corrected chi connectivity index (χ2v) is 5.75. The number of nitrogens with two attached hydrogens (primary N) is 1. The van der Waals surface area contributed by atoms with E-state index in [1.54, 1.807) is 6.07 Å². The molecule has 0 heterocycles. The van der Waals surface area contributed by atoms with Gasteiger partial charge in [-0.3, -0.25) is 9.59 Å². The van der Waals surface area contributed by atoms with Gasteiger partial charge in [0.1, 0.15) is 0 Å². The molecule has 0 saturated carbocycles. The van der Waals surface area contributed by atoms with Gasteiger partial charge >= 0.3 is 0 Å². The predicted molar refractivity (Wildman–Crippen MR) is 72.7 cm³/mol. The van der Waals surface area contributed by atoms with Crippen molar-refractivity contribution in [2.24, 2.45) is 11.1 Å². The molecular formula is C13H17ClN2O2. The minimum atomic E-state index is -0.590. The third-order valence-corrected chi connectivity index (χ3v) is 2.52. The van der Waals surface area contributed by atoms with E-state index in [1.165, 1.54) is 12.1 Å². The van der Waals surface area contributed by atoms with Gasteiger partial charge in [-0.2, -0.15) is 0 Å². The van der Waals surface area contributed by atoms with Crippen LogP contribution < -0.4 is 11.1 Å². The van der Waals surface area contributed by atoms with Crippen LogP contribution in [-0.2, 0) is 4.79 Å². The molecule has 0 aliphatic heterocycles. The number of nitrogens with one attached hydrogen (secondary N) is 1. The van der Waals surface area contributed by atoms with Crippen molar-refractivity contribution in [1.29, 1.82) is 0 Å². The Balaban J connectivity index is 2.78. The summed E-state index contributed by atoms with van der Waals surface area (Å²) in [6, 6.07) is 4.62. The van der Waals surface area contributed by atoms with Crippen molar-refractivity contribution in [3.8, 4) is 0 Å². The largest absolute Gasteiger partial charge is 0.366 e. The zero-order valence-corrected chi connectivity index (χ0v) is 11.5. The first-order chi connectivity index (χ1) is 8.19. The number of carbonyl (C=O) groups excluding carboxylic acids is 2. The number of primary amides is 1. The Kier molecular flexibility index (Phi) is 4.35. The number of carbonyl (C=O) groups is 2. The minimum absolute atomic E-state index is 0.0823. The highest BCUT2D eigenvalue weighted by Crippen LogP contribution is 2.23. The highest BCUT2D eigenvalue weighted by atomic mass is 35.5. The van der Waals surface area contributed by atoms with Gasteiger partial charge in [-0.15, -0.1) is 0 Å². The molecule has 1 rings (SSSR count). The molecule has 0 saturated heterocycles. The monoisotopic (exact) mass is 268 g/mol. The van der Waals surface area contributed by atoms with Gasteiger partial charge in [-0.1, -0.05) is 32.4 Å². The van der Waals surface area contributed by atoms with Gasteiger partial charge in [-0.25, -0.2) is 0 Å². The lowest BCUT2D eigenvalue weighted by atomic mass is 9.92. The molecule has 0 aliphatic rings. The van der Waals surface area contributed by atoms with Crippen molar-refractivity contribution in [2.75, 3.05) is 5.32 Å². The maximum absolute atomic E-state index is 11.7. The molecule has 0 aliphatic carbocycles. The summed E-state index contributed by atoms with van der Waals surface area (Å²) in [4.78, 5) is 22.7. The average molecular weight is 269 g/mol. The summed E-state index contributed by atoms with van der Waals surface area (Å²) in [6.45, 7) is 5.95. The Bertz CT molecular complexity index is 478. The molecule has 18 heavy (non-hydrogen) atoms. The highest BCUT2D eigenvalue weighted by molar-refractivity contribution is 6.34. The lowest BCUT2D eigenvalue weighted by Gasteiger charge is -2.17. The van der Waals surface area contributed by atoms with Crippen LogP contribution >= 0.6 is 11.6 Å². The van der Waals surface area contributed by atoms with E-state index in [-0.39, 0.29) is 21.9 Å². The minimum Gasteiger partial charge on any atom is -0.366 e. The maximum Gasteiger partial charge on any atom is 0.250 e. The van der Waals surface area contributed by atoms with Gasteiger partial charge in [0.15, 0.2) is 0 Å². The normalized spacial score (nSPS) is 11.1. The first-order valence-electron chi connectivity index (χ1n) is 5.58. The Hall–Kier alpha value is -1.55. The number of amides is 2. The van der Waals surface area contributed by atoms with Gasteiger partial charge < -0.3 is 11.1 Å². The molecule has 4 nitrogen and oxygen atoms in total. The maximum atomic E-state index is 11.7. The molecule has 1 aromatic carbocycles. The number of hydrogen-bond acceptors (Lipinski definition) is 2. The molecule has 2 amide bonds. The van der Waals surface area contributed by atoms with Crippen LogP contribution in [0.4, 0.5) is 5.69 Å². The Morgan fingerprint density at radius 3 is 2.39 bits per heavy atom. The molecule has 0 bridgehead atoms. The first kappa shape index (κ1) is 14.5. The molecule has 0 fully saturated rings. The number of benzene rings is 1. The van der Waals surface area contributed by atoms with E-state index in [2.05, 4.69) is 5.32 Å². The van der Waals surface area contributed by atoms with Crippen LogP contribution in [0.2, 0.25) is 5.02 Å². The Labute approximate surface area is 112 Å². The fourth-order valence-corrected chi connectivity index (χ4v) is 1.75. The summed E-state index contributed by atoms with van der Waals surface area (Å²) in [5.41, 5.74) is 5.85. The third kappa shape index (κ3) is 4.37. The van der Waals surface area contributed by atoms with E-state index in [9.17, 15) is 9.59 Å². The molecular weight excluding hydrogens is 252 g/mol. The van der Waals surface area contributed by atoms with E-state index in [0.717, 1.165) is 0 Å². The smallest absolute Gasteiger partial charge is 0.250 e. The summed E-state index contributed by atoms with van der Waals surface area (Å²) in [5.74, 6) is -0.682. The molecule has 0 aromatic heterocycles. The average Bonchev–Trinajstić information content (AvgIpc) is 2.13. The highest BCUT2D eigenvalue weighted by Gasteiger charge is 2.16. The molecule has 0 spiro atoms. The summed E-state index contributed by atoms with van der Waals surface area (Å²) in [5, 5.41) is 2.96. The third-order valence-electron chi connectivity index (χ3n) is 2.21. The van der Waals surface area contributed by atoms with Crippen molar-refractivity contribution in [1.82, 2.24) is 0 Å². The predicted octanol–water partition coefficient (Wildman–Crippen LogP) is 2.81. The second-order valence-electron chi connectivity index (χ2n) is 5.34. The number of halogens is 1. The lowest BCUT2D eigenvalue weighted by molar-refractivity contribution is -0.117. The molecule has 0 atom stereocenters. The summed E-state index contributed by atoms with van der Waals surface area (Å²) in [6.07, 6.45) is 0.405. The molecule has 98 valence electrons. The van der Waals surface area contributed by atoms with Crippen LogP contribution in [0.5, 0.6) is 0 Å². The Morgan fingerprint density at radius 2 is 1.94 bits per heavy atom. The van der Waals surface area contributed by atoms with E-state index >= 15 is 0 Å². The fraction of sp³-hybridized carbons (Fsp3) is 0.385. The van der Waals surface area contributed by atoms with Crippen LogP contribution in [-0.4, -0.2) is 11.8 Å². The zero-order valence-electron chi connectivity index (χ0n) is 10.7. The van der Waals surface area contributed by atoms with E-state index in [0.29, 0.717) is 12.1 Å². The first-order valence-corrected chi connectivity index (χ1v) is 5.96. The van der Waals surface area contributed by atoms with Crippen LogP contribution in [0.25, 0.3) is 0 Å². The van der Waals surface area contributed by atoms with Gasteiger partial charge in [-0.05, 0) is 23.6 Å². The van der Waals surface area contributed by atoms with E-state index in [4.69, 9.17) is 17.3 Å². The van der Waals surface area contributed by atoms with Crippen molar-refractivity contribution in [2.45, 2.75) is 27.2 Å². The van der Waals surface area contributed by atoms with Crippen LogP contribution in [0.15, 0.2) is 18.2 Å².